The lowest BCUT2D eigenvalue weighted by Crippen LogP contribution is -2.66. The van der Waals surface area contributed by atoms with Gasteiger partial charge in [0.15, 0.2) is 0 Å². The van der Waals surface area contributed by atoms with Gasteiger partial charge in [0.2, 0.25) is 5.91 Å². The molecule has 3 aliphatic rings. The van der Waals surface area contributed by atoms with Gasteiger partial charge in [0.25, 0.3) is 0 Å². The summed E-state index contributed by atoms with van der Waals surface area (Å²) in [5.41, 5.74) is 8.05. The van der Waals surface area contributed by atoms with Crippen LogP contribution in [0.15, 0.2) is 5.11 Å². The summed E-state index contributed by atoms with van der Waals surface area (Å²) in [5, 5.41) is 3.25. The maximum absolute atomic E-state index is 11.4. The molecule has 3 heterocycles. The predicted molar refractivity (Wildman–Crippen MR) is 43.9 cm³/mol. The molecule has 1 amide bonds. The van der Waals surface area contributed by atoms with E-state index in [2.05, 4.69) is 10.0 Å². The minimum atomic E-state index is -0.0812. The van der Waals surface area contributed by atoms with Crippen LogP contribution >= 0.6 is 0 Å². The average Bonchev–Trinajstić information content (AvgIpc) is 2.16. The monoisotopic (exact) mass is 182 g/mol. The molecule has 0 saturated carbocycles. The predicted octanol–water partition coefficient (Wildman–Crippen LogP) is 0.296. The van der Waals surface area contributed by atoms with Crippen LogP contribution in [0.5, 0.6) is 0 Å². The molecule has 3 fully saturated rings. The Balaban J connectivity index is 1.94. The molecule has 3 saturated heterocycles. The van der Waals surface area contributed by atoms with Crippen LogP contribution < -0.4 is 0 Å². The number of rotatable bonds is 2. The highest BCUT2D eigenvalue weighted by molar-refractivity contribution is 5.80. The molecule has 0 spiro atoms. The lowest BCUT2D eigenvalue weighted by atomic mass is 9.91. The Morgan fingerprint density at radius 2 is 2.31 bits per heavy atom. The number of carbonyl (C=O) groups excluding carboxylic acids is 1. The maximum Gasteiger partial charge on any atom is 0.229 e. The van der Waals surface area contributed by atoms with Crippen LogP contribution in [0.3, 0.4) is 0 Å². The van der Waals surface area contributed by atoms with E-state index in [0.29, 0.717) is 13.2 Å². The summed E-state index contributed by atoms with van der Waals surface area (Å²) < 4.78 is 5.22. The van der Waals surface area contributed by atoms with Gasteiger partial charge in [-0.2, -0.15) is 0 Å². The first kappa shape index (κ1) is 8.34. The SMILES string of the molecule is [N-]=[N+]=NCC(=O)N1C2COCC1C2. The number of carbonyl (C=O) groups is 1. The summed E-state index contributed by atoms with van der Waals surface area (Å²) >= 11 is 0. The minimum absolute atomic E-state index is 0.0660. The first-order valence-electron chi connectivity index (χ1n) is 4.22. The van der Waals surface area contributed by atoms with Gasteiger partial charge in [-0.15, -0.1) is 0 Å². The first-order chi connectivity index (χ1) is 6.33. The Morgan fingerprint density at radius 1 is 1.62 bits per heavy atom. The van der Waals surface area contributed by atoms with Crippen molar-refractivity contribution in [2.24, 2.45) is 5.11 Å². The summed E-state index contributed by atoms with van der Waals surface area (Å²) in [7, 11) is 0. The van der Waals surface area contributed by atoms with Crippen molar-refractivity contribution in [1.82, 2.24) is 4.90 Å². The van der Waals surface area contributed by atoms with Gasteiger partial charge >= 0.3 is 0 Å². The van der Waals surface area contributed by atoms with Gasteiger partial charge in [0, 0.05) is 4.91 Å². The smallest absolute Gasteiger partial charge is 0.229 e. The quantitative estimate of drug-likeness (QED) is 0.349. The van der Waals surface area contributed by atoms with Gasteiger partial charge in [0.1, 0.15) is 6.54 Å². The second kappa shape index (κ2) is 3.24. The van der Waals surface area contributed by atoms with E-state index in [0.717, 1.165) is 6.42 Å². The summed E-state index contributed by atoms with van der Waals surface area (Å²) in [5.74, 6) is -0.0812. The minimum Gasteiger partial charge on any atom is -0.377 e. The fourth-order valence-electron chi connectivity index (χ4n) is 1.92. The Morgan fingerprint density at radius 3 is 2.85 bits per heavy atom. The summed E-state index contributed by atoms with van der Waals surface area (Å²) in [6.45, 7) is 1.18. The zero-order valence-electron chi connectivity index (χ0n) is 7.09. The van der Waals surface area contributed by atoms with Gasteiger partial charge in [-0.05, 0) is 12.0 Å². The lowest BCUT2D eigenvalue weighted by molar-refractivity contribution is -0.165. The molecule has 13 heavy (non-hydrogen) atoms. The van der Waals surface area contributed by atoms with Crippen LogP contribution in [0, 0.1) is 0 Å². The third-order valence-corrected chi connectivity index (χ3v) is 2.51. The number of amides is 1. The van der Waals surface area contributed by atoms with Gasteiger partial charge in [0.05, 0.1) is 25.3 Å². The molecule has 2 atom stereocenters. The zero-order chi connectivity index (χ0) is 9.26. The fraction of sp³-hybridized carbons (Fsp3) is 0.857. The number of morpholine rings is 1. The normalized spacial score (nSPS) is 30.3. The van der Waals surface area contributed by atoms with Gasteiger partial charge < -0.3 is 9.64 Å². The Kier molecular flexibility index (Phi) is 2.08. The van der Waals surface area contributed by atoms with Crippen molar-refractivity contribution < 1.29 is 9.53 Å². The third-order valence-electron chi connectivity index (χ3n) is 2.51. The van der Waals surface area contributed by atoms with Crippen LogP contribution in [-0.4, -0.2) is 42.6 Å². The van der Waals surface area contributed by atoms with E-state index in [1.165, 1.54) is 0 Å². The molecule has 3 rings (SSSR count). The van der Waals surface area contributed by atoms with Crippen LogP contribution in [0.4, 0.5) is 0 Å². The third kappa shape index (κ3) is 1.34. The van der Waals surface area contributed by atoms with Gasteiger partial charge in [-0.3, -0.25) is 4.79 Å². The molecule has 6 heteroatoms. The summed E-state index contributed by atoms with van der Waals surface area (Å²) in [6, 6.07) is 0.445. The number of ether oxygens (including phenoxy) is 1. The number of fused-ring (bicyclic) bond motifs is 2. The highest BCUT2D eigenvalue weighted by Gasteiger charge is 2.44. The molecule has 70 valence electrons. The van der Waals surface area contributed by atoms with E-state index in [4.69, 9.17) is 10.3 Å². The van der Waals surface area contributed by atoms with Crippen LogP contribution in [-0.2, 0) is 9.53 Å². The Labute approximate surface area is 75.1 Å². The first-order valence-corrected chi connectivity index (χ1v) is 4.22. The largest absolute Gasteiger partial charge is 0.377 e. The van der Waals surface area contributed by atoms with E-state index in [1.54, 1.807) is 4.90 Å². The van der Waals surface area contributed by atoms with Crippen LogP contribution in [0.1, 0.15) is 6.42 Å². The van der Waals surface area contributed by atoms with Crippen molar-refractivity contribution >= 4 is 5.91 Å². The lowest BCUT2D eigenvalue weighted by Gasteiger charge is -2.52. The highest BCUT2D eigenvalue weighted by Crippen LogP contribution is 2.30. The van der Waals surface area contributed by atoms with Crippen LogP contribution in [0.25, 0.3) is 10.4 Å². The van der Waals surface area contributed by atoms with Crippen molar-refractivity contribution in [2.45, 2.75) is 18.5 Å². The summed E-state index contributed by atoms with van der Waals surface area (Å²) in [4.78, 5) is 15.7. The van der Waals surface area contributed by atoms with Crippen LogP contribution in [0.2, 0.25) is 0 Å². The van der Waals surface area contributed by atoms with E-state index < -0.39 is 0 Å². The molecule has 0 aliphatic carbocycles. The molecule has 0 aromatic heterocycles. The number of hydrogen-bond acceptors (Lipinski definition) is 3. The molecule has 2 bridgehead atoms. The molecule has 0 aromatic rings. The zero-order valence-corrected chi connectivity index (χ0v) is 7.09. The molecule has 3 aliphatic heterocycles. The molecular formula is C7H10N4O2. The number of hydrogen-bond donors (Lipinski definition) is 0. The van der Waals surface area contributed by atoms with Crippen molar-refractivity contribution in [3.63, 3.8) is 0 Å². The van der Waals surface area contributed by atoms with E-state index >= 15 is 0 Å². The average molecular weight is 182 g/mol. The molecular weight excluding hydrogens is 172 g/mol. The molecule has 2 unspecified atom stereocenters. The van der Waals surface area contributed by atoms with E-state index in [-0.39, 0.29) is 24.5 Å². The fourth-order valence-corrected chi connectivity index (χ4v) is 1.92. The standard InChI is InChI=1S/C7H10N4O2/c8-10-9-2-7(12)11-5-1-6(11)4-13-3-5/h5-6H,1-4H2. The number of azide groups is 1. The molecule has 0 aromatic carbocycles. The molecule has 0 radical (unpaired) electrons. The van der Waals surface area contributed by atoms with Gasteiger partial charge in [-0.25, -0.2) is 0 Å². The Bertz CT molecular complexity index is 260. The maximum atomic E-state index is 11.4. The van der Waals surface area contributed by atoms with Crippen molar-refractivity contribution in [3.8, 4) is 0 Å². The van der Waals surface area contributed by atoms with Crippen molar-refractivity contribution in [3.05, 3.63) is 10.4 Å². The Hall–Kier alpha value is -1.26. The second-order valence-corrected chi connectivity index (χ2v) is 3.27. The second-order valence-electron chi connectivity index (χ2n) is 3.27. The van der Waals surface area contributed by atoms with Crippen molar-refractivity contribution in [1.29, 1.82) is 0 Å². The van der Waals surface area contributed by atoms with Crippen molar-refractivity contribution in [2.75, 3.05) is 19.8 Å². The number of nitrogens with zero attached hydrogens (tertiary/aromatic N) is 4. The van der Waals surface area contributed by atoms with E-state index in [1.807, 2.05) is 0 Å². The topological polar surface area (TPSA) is 78.3 Å². The molecule has 6 nitrogen and oxygen atoms in total. The summed E-state index contributed by atoms with van der Waals surface area (Å²) in [6.07, 6.45) is 1.03. The van der Waals surface area contributed by atoms with E-state index in [9.17, 15) is 4.79 Å². The highest BCUT2D eigenvalue weighted by atomic mass is 16.5. The molecule has 0 N–H and O–H groups in total. The van der Waals surface area contributed by atoms with Gasteiger partial charge in [-0.1, -0.05) is 5.11 Å².